The van der Waals surface area contributed by atoms with E-state index in [-0.39, 0.29) is 5.91 Å². The van der Waals surface area contributed by atoms with Crippen LogP contribution < -0.4 is 5.32 Å². The van der Waals surface area contributed by atoms with Gasteiger partial charge in [0.25, 0.3) is 5.91 Å². The van der Waals surface area contributed by atoms with Crippen LogP contribution in [0.15, 0.2) is 40.8 Å². The van der Waals surface area contributed by atoms with E-state index in [0.717, 1.165) is 32.3 Å². The molecule has 0 fully saturated rings. The SMILES string of the molecule is Cc1ccc2c(C)c(C(=O)Nc3nc4ccc(C)cc4s3)oc2c1. The van der Waals surface area contributed by atoms with Crippen molar-refractivity contribution < 1.29 is 9.21 Å². The number of hydrogen-bond acceptors (Lipinski definition) is 4. The van der Waals surface area contributed by atoms with Crippen molar-refractivity contribution in [3.63, 3.8) is 0 Å². The van der Waals surface area contributed by atoms with Crippen LogP contribution in [0.25, 0.3) is 21.2 Å². The van der Waals surface area contributed by atoms with E-state index in [2.05, 4.69) is 16.4 Å². The van der Waals surface area contributed by atoms with E-state index in [1.165, 1.54) is 16.9 Å². The lowest BCUT2D eigenvalue weighted by molar-refractivity contribution is 0.0998. The van der Waals surface area contributed by atoms with Gasteiger partial charge in [-0.05, 0) is 50.1 Å². The number of anilines is 1. The van der Waals surface area contributed by atoms with Gasteiger partial charge >= 0.3 is 0 Å². The number of aromatic nitrogens is 1. The number of nitrogens with one attached hydrogen (secondary N) is 1. The van der Waals surface area contributed by atoms with Gasteiger partial charge < -0.3 is 4.42 Å². The van der Waals surface area contributed by atoms with Crippen LogP contribution in [-0.2, 0) is 0 Å². The van der Waals surface area contributed by atoms with Gasteiger partial charge in [-0.2, -0.15) is 0 Å². The summed E-state index contributed by atoms with van der Waals surface area (Å²) in [7, 11) is 0. The molecule has 1 amide bonds. The fourth-order valence-electron chi connectivity index (χ4n) is 2.79. The van der Waals surface area contributed by atoms with Crippen molar-refractivity contribution in [2.45, 2.75) is 20.8 Å². The van der Waals surface area contributed by atoms with Crippen LogP contribution >= 0.6 is 11.3 Å². The Kier molecular flexibility index (Phi) is 3.39. The Morgan fingerprint density at radius 1 is 1.08 bits per heavy atom. The lowest BCUT2D eigenvalue weighted by atomic mass is 10.1. The van der Waals surface area contributed by atoms with Gasteiger partial charge in [-0.25, -0.2) is 4.98 Å². The Balaban J connectivity index is 1.69. The number of furan rings is 1. The van der Waals surface area contributed by atoms with Gasteiger partial charge in [-0.3, -0.25) is 10.1 Å². The van der Waals surface area contributed by atoms with E-state index in [4.69, 9.17) is 4.42 Å². The van der Waals surface area contributed by atoms with E-state index in [0.29, 0.717) is 10.9 Å². The van der Waals surface area contributed by atoms with Gasteiger partial charge in [-0.1, -0.05) is 29.5 Å². The van der Waals surface area contributed by atoms with Crippen LogP contribution in [0.1, 0.15) is 27.2 Å². The highest BCUT2D eigenvalue weighted by Crippen LogP contribution is 2.29. The van der Waals surface area contributed by atoms with Crippen LogP contribution in [0.3, 0.4) is 0 Å². The molecule has 0 atom stereocenters. The fraction of sp³-hybridized carbons (Fsp3) is 0.158. The number of fused-ring (bicyclic) bond motifs is 2. The summed E-state index contributed by atoms with van der Waals surface area (Å²) in [4.78, 5) is 17.1. The molecular formula is C19H16N2O2S. The molecule has 2 heterocycles. The molecule has 4 nitrogen and oxygen atoms in total. The summed E-state index contributed by atoms with van der Waals surface area (Å²) in [6.45, 7) is 5.94. The number of thiazole rings is 1. The monoisotopic (exact) mass is 336 g/mol. The Morgan fingerprint density at radius 3 is 2.67 bits per heavy atom. The zero-order valence-electron chi connectivity index (χ0n) is 13.6. The largest absolute Gasteiger partial charge is 0.451 e. The number of carbonyl (C=O) groups is 1. The topological polar surface area (TPSA) is 55.1 Å². The summed E-state index contributed by atoms with van der Waals surface area (Å²) in [6, 6.07) is 12.0. The summed E-state index contributed by atoms with van der Waals surface area (Å²) in [5, 5.41) is 4.40. The predicted octanol–water partition coefficient (Wildman–Crippen LogP) is 5.22. The van der Waals surface area contributed by atoms with E-state index in [9.17, 15) is 4.79 Å². The van der Waals surface area contributed by atoms with Gasteiger partial charge in [0.2, 0.25) is 0 Å². The molecule has 0 unspecified atom stereocenters. The molecule has 0 spiro atoms. The lowest BCUT2D eigenvalue weighted by Crippen LogP contribution is -2.11. The maximum Gasteiger partial charge on any atom is 0.293 e. The molecule has 0 bridgehead atoms. The summed E-state index contributed by atoms with van der Waals surface area (Å²) in [5.74, 6) is 0.0724. The third-order valence-electron chi connectivity index (χ3n) is 4.06. The molecule has 0 aliphatic rings. The maximum absolute atomic E-state index is 12.6. The summed E-state index contributed by atoms with van der Waals surface area (Å²) >= 11 is 1.46. The van der Waals surface area contributed by atoms with E-state index in [1.807, 2.05) is 51.1 Å². The Hall–Kier alpha value is -2.66. The van der Waals surface area contributed by atoms with Crippen LogP contribution in [0.5, 0.6) is 0 Å². The molecule has 24 heavy (non-hydrogen) atoms. The van der Waals surface area contributed by atoms with Crippen LogP contribution in [-0.4, -0.2) is 10.9 Å². The third-order valence-corrected chi connectivity index (χ3v) is 5.00. The first-order chi connectivity index (χ1) is 11.5. The molecule has 0 saturated heterocycles. The van der Waals surface area contributed by atoms with Crippen LogP contribution in [0, 0.1) is 20.8 Å². The number of amides is 1. The number of carbonyl (C=O) groups excluding carboxylic acids is 1. The van der Waals surface area contributed by atoms with Crippen LogP contribution in [0.4, 0.5) is 5.13 Å². The highest BCUT2D eigenvalue weighted by atomic mass is 32.1. The molecule has 0 saturated carbocycles. The highest BCUT2D eigenvalue weighted by molar-refractivity contribution is 7.22. The summed E-state index contributed by atoms with van der Waals surface area (Å²) in [5.41, 5.74) is 4.74. The predicted molar refractivity (Wildman–Crippen MR) is 98.0 cm³/mol. The van der Waals surface area contributed by atoms with Gasteiger partial charge in [0, 0.05) is 10.9 Å². The van der Waals surface area contributed by atoms with Crippen molar-refractivity contribution in [3.8, 4) is 0 Å². The zero-order valence-corrected chi connectivity index (χ0v) is 14.5. The normalized spacial score (nSPS) is 11.3. The van der Waals surface area contributed by atoms with Gasteiger partial charge in [-0.15, -0.1) is 0 Å². The minimum Gasteiger partial charge on any atom is -0.451 e. The molecule has 2 aromatic heterocycles. The molecule has 4 rings (SSSR count). The van der Waals surface area contributed by atoms with Crippen molar-refractivity contribution in [1.82, 2.24) is 4.98 Å². The van der Waals surface area contributed by atoms with Gasteiger partial charge in [0.15, 0.2) is 10.9 Å². The molecule has 1 N–H and O–H groups in total. The Labute approximate surface area is 143 Å². The van der Waals surface area contributed by atoms with Crippen LogP contribution in [0.2, 0.25) is 0 Å². The lowest BCUT2D eigenvalue weighted by Gasteiger charge is -1.98. The van der Waals surface area contributed by atoms with Crippen molar-refractivity contribution in [1.29, 1.82) is 0 Å². The van der Waals surface area contributed by atoms with Crippen molar-refractivity contribution >= 4 is 43.6 Å². The van der Waals surface area contributed by atoms with Crippen molar-refractivity contribution in [3.05, 3.63) is 58.8 Å². The minimum atomic E-state index is -0.267. The second kappa shape index (κ2) is 5.46. The number of benzene rings is 2. The Morgan fingerprint density at radius 2 is 1.83 bits per heavy atom. The molecule has 2 aromatic carbocycles. The first-order valence-electron chi connectivity index (χ1n) is 7.69. The summed E-state index contributed by atoms with van der Waals surface area (Å²) < 4.78 is 6.83. The van der Waals surface area contributed by atoms with Gasteiger partial charge in [0.05, 0.1) is 10.2 Å². The molecule has 120 valence electrons. The molecule has 0 aliphatic carbocycles. The number of nitrogens with zero attached hydrogens (tertiary/aromatic N) is 1. The zero-order chi connectivity index (χ0) is 16.8. The van der Waals surface area contributed by atoms with Crippen molar-refractivity contribution in [2.24, 2.45) is 0 Å². The van der Waals surface area contributed by atoms with Gasteiger partial charge in [0.1, 0.15) is 5.58 Å². The highest BCUT2D eigenvalue weighted by Gasteiger charge is 2.19. The minimum absolute atomic E-state index is 0.267. The average Bonchev–Trinajstić information content (AvgIpc) is 3.07. The number of hydrogen-bond donors (Lipinski definition) is 1. The van der Waals surface area contributed by atoms with Crippen molar-refractivity contribution in [2.75, 3.05) is 5.32 Å². The standard InChI is InChI=1S/C19H16N2O2S/c1-10-4-6-13-12(3)17(23-15(13)8-10)18(22)21-19-20-14-7-5-11(2)9-16(14)24-19/h4-9H,1-3H3,(H,20,21,22). The molecule has 0 radical (unpaired) electrons. The average molecular weight is 336 g/mol. The quantitative estimate of drug-likeness (QED) is 0.546. The first-order valence-corrected chi connectivity index (χ1v) is 8.51. The smallest absolute Gasteiger partial charge is 0.293 e. The maximum atomic E-state index is 12.6. The van der Waals surface area contributed by atoms with E-state index >= 15 is 0 Å². The number of aryl methyl sites for hydroxylation is 3. The van der Waals surface area contributed by atoms with E-state index in [1.54, 1.807) is 0 Å². The Bertz CT molecular complexity index is 1090. The third kappa shape index (κ3) is 2.47. The second-order valence-electron chi connectivity index (χ2n) is 6.00. The first kappa shape index (κ1) is 14.9. The molecular weight excluding hydrogens is 320 g/mol. The molecule has 0 aliphatic heterocycles. The van der Waals surface area contributed by atoms with E-state index < -0.39 is 0 Å². The second-order valence-corrected chi connectivity index (χ2v) is 7.03. The summed E-state index contributed by atoms with van der Waals surface area (Å²) in [6.07, 6.45) is 0. The molecule has 4 aromatic rings. The molecule has 5 heteroatoms. The number of rotatable bonds is 2. The fourth-order valence-corrected chi connectivity index (χ4v) is 3.75.